The lowest BCUT2D eigenvalue weighted by Crippen LogP contribution is -2.41. The SMILES string of the molecule is CCC(C)C(CN=[N+]=[N-])NC(=O)c1ccc(Cl)cc1Cl. The van der Waals surface area contributed by atoms with Gasteiger partial charge in [0.2, 0.25) is 0 Å². The maximum Gasteiger partial charge on any atom is 0.253 e. The van der Waals surface area contributed by atoms with E-state index in [4.69, 9.17) is 28.7 Å². The molecule has 1 aromatic rings. The van der Waals surface area contributed by atoms with Crippen molar-refractivity contribution in [2.75, 3.05) is 6.54 Å². The zero-order valence-corrected chi connectivity index (χ0v) is 12.8. The van der Waals surface area contributed by atoms with Crippen molar-refractivity contribution < 1.29 is 4.79 Å². The molecular weight excluding hydrogens is 299 g/mol. The standard InChI is InChI=1S/C13H16Cl2N4O/c1-3-8(2)12(7-17-19-16)18-13(20)10-5-4-9(14)6-11(10)15/h4-6,8,12H,3,7H2,1-2H3,(H,18,20). The Hall–Kier alpha value is -1.42. The molecule has 0 bridgehead atoms. The first-order chi connectivity index (χ1) is 9.49. The van der Waals surface area contributed by atoms with Gasteiger partial charge in [0.25, 0.3) is 5.91 Å². The molecule has 1 amide bonds. The van der Waals surface area contributed by atoms with Gasteiger partial charge in [0, 0.05) is 22.5 Å². The summed E-state index contributed by atoms with van der Waals surface area (Å²) in [5.74, 6) is -0.111. The molecule has 0 aliphatic heterocycles. The fourth-order valence-electron chi connectivity index (χ4n) is 1.70. The molecule has 0 spiro atoms. The Labute approximate surface area is 127 Å². The summed E-state index contributed by atoms with van der Waals surface area (Å²) in [5.41, 5.74) is 8.76. The number of carbonyl (C=O) groups excluding carboxylic acids is 1. The third kappa shape index (κ3) is 4.60. The molecule has 0 radical (unpaired) electrons. The average Bonchev–Trinajstić information content (AvgIpc) is 2.42. The average molecular weight is 315 g/mol. The molecule has 0 aliphatic carbocycles. The van der Waals surface area contributed by atoms with Gasteiger partial charge in [0.05, 0.1) is 10.6 Å². The number of amides is 1. The maximum atomic E-state index is 12.2. The molecule has 0 aromatic heterocycles. The zero-order valence-electron chi connectivity index (χ0n) is 11.3. The predicted octanol–water partition coefficient (Wildman–Crippen LogP) is 4.45. The van der Waals surface area contributed by atoms with Crippen LogP contribution in [0.15, 0.2) is 23.3 Å². The smallest absolute Gasteiger partial charge is 0.253 e. The molecule has 0 saturated carbocycles. The monoisotopic (exact) mass is 314 g/mol. The quantitative estimate of drug-likeness (QED) is 0.470. The normalized spacial score (nSPS) is 13.2. The Morgan fingerprint density at radius 2 is 2.20 bits per heavy atom. The van der Waals surface area contributed by atoms with Crippen molar-refractivity contribution in [3.63, 3.8) is 0 Å². The van der Waals surface area contributed by atoms with Crippen LogP contribution in [0.3, 0.4) is 0 Å². The number of hydrogen-bond donors (Lipinski definition) is 1. The van der Waals surface area contributed by atoms with Crippen LogP contribution in [0.2, 0.25) is 10.0 Å². The van der Waals surface area contributed by atoms with E-state index in [9.17, 15) is 4.79 Å². The van der Waals surface area contributed by atoms with Gasteiger partial charge in [-0.1, -0.05) is 48.6 Å². The number of rotatable bonds is 6. The van der Waals surface area contributed by atoms with Crippen LogP contribution in [0.5, 0.6) is 0 Å². The van der Waals surface area contributed by atoms with Crippen LogP contribution in [0, 0.1) is 5.92 Å². The van der Waals surface area contributed by atoms with Crippen LogP contribution in [0.4, 0.5) is 0 Å². The van der Waals surface area contributed by atoms with E-state index < -0.39 is 0 Å². The highest BCUT2D eigenvalue weighted by atomic mass is 35.5. The number of halogens is 2. The first-order valence-electron chi connectivity index (χ1n) is 6.26. The largest absolute Gasteiger partial charge is 0.349 e. The van der Waals surface area contributed by atoms with Crippen molar-refractivity contribution in [1.82, 2.24) is 5.32 Å². The molecule has 7 heteroatoms. The Bertz CT molecular complexity index is 529. The highest BCUT2D eigenvalue weighted by Gasteiger charge is 2.19. The molecular formula is C13H16Cl2N4O. The van der Waals surface area contributed by atoms with Gasteiger partial charge in [-0.2, -0.15) is 0 Å². The van der Waals surface area contributed by atoms with E-state index in [2.05, 4.69) is 15.3 Å². The highest BCUT2D eigenvalue weighted by Crippen LogP contribution is 2.21. The zero-order chi connectivity index (χ0) is 15.1. The number of carbonyl (C=O) groups is 1. The number of azide groups is 1. The second-order valence-electron chi connectivity index (χ2n) is 4.50. The molecule has 20 heavy (non-hydrogen) atoms. The lowest BCUT2D eigenvalue weighted by molar-refractivity contribution is 0.0925. The first kappa shape index (κ1) is 16.6. The van der Waals surface area contributed by atoms with Crippen LogP contribution >= 0.6 is 23.2 Å². The van der Waals surface area contributed by atoms with E-state index in [1.165, 1.54) is 6.07 Å². The fourth-order valence-corrected chi connectivity index (χ4v) is 2.19. The van der Waals surface area contributed by atoms with Gasteiger partial charge in [-0.3, -0.25) is 4.79 Å². The summed E-state index contributed by atoms with van der Waals surface area (Å²) in [4.78, 5) is 14.9. The summed E-state index contributed by atoms with van der Waals surface area (Å²) in [6.07, 6.45) is 0.861. The van der Waals surface area contributed by atoms with E-state index in [0.717, 1.165) is 6.42 Å². The number of nitrogens with zero attached hydrogens (tertiary/aromatic N) is 3. The second kappa shape index (κ2) is 8.00. The lowest BCUT2D eigenvalue weighted by atomic mass is 9.99. The molecule has 5 nitrogen and oxygen atoms in total. The van der Waals surface area contributed by atoms with Crippen LogP contribution in [0.1, 0.15) is 30.6 Å². The Morgan fingerprint density at radius 3 is 2.75 bits per heavy atom. The van der Waals surface area contributed by atoms with E-state index in [0.29, 0.717) is 15.6 Å². The van der Waals surface area contributed by atoms with Gasteiger partial charge >= 0.3 is 0 Å². The van der Waals surface area contributed by atoms with E-state index in [-0.39, 0.29) is 24.4 Å². The van der Waals surface area contributed by atoms with Crippen molar-refractivity contribution in [2.45, 2.75) is 26.3 Å². The molecule has 2 atom stereocenters. The lowest BCUT2D eigenvalue weighted by Gasteiger charge is -2.22. The third-order valence-electron chi connectivity index (χ3n) is 3.16. The minimum Gasteiger partial charge on any atom is -0.349 e. The summed E-state index contributed by atoms with van der Waals surface area (Å²) in [7, 11) is 0. The van der Waals surface area contributed by atoms with Gasteiger partial charge in [-0.05, 0) is 29.6 Å². The molecule has 1 rings (SSSR count). The molecule has 0 saturated heterocycles. The second-order valence-corrected chi connectivity index (χ2v) is 5.35. The Balaban J connectivity index is 2.86. The summed E-state index contributed by atoms with van der Waals surface area (Å²) in [5, 5.41) is 7.15. The van der Waals surface area contributed by atoms with Gasteiger partial charge in [-0.15, -0.1) is 0 Å². The fraction of sp³-hybridized carbons (Fsp3) is 0.462. The molecule has 0 aliphatic rings. The Kier molecular flexibility index (Phi) is 6.65. The molecule has 0 fully saturated rings. The van der Waals surface area contributed by atoms with Gasteiger partial charge < -0.3 is 5.32 Å². The van der Waals surface area contributed by atoms with Crippen molar-refractivity contribution in [1.29, 1.82) is 0 Å². The summed E-state index contributed by atoms with van der Waals surface area (Å²) in [6, 6.07) is 4.47. The van der Waals surface area contributed by atoms with Gasteiger partial charge in [-0.25, -0.2) is 0 Å². The minimum atomic E-state index is -0.301. The maximum absolute atomic E-state index is 12.2. The van der Waals surface area contributed by atoms with E-state index in [1.54, 1.807) is 12.1 Å². The van der Waals surface area contributed by atoms with E-state index in [1.807, 2.05) is 13.8 Å². The molecule has 2 unspecified atom stereocenters. The van der Waals surface area contributed by atoms with Crippen LogP contribution < -0.4 is 5.32 Å². The number of benzene rings is 1. The summed E-state index contributed by atoms with van der Waals surface area (Å²) in [6.45, 7) is 4.21. The topological polar surface area (TPSA) is 77.9 Å². The first-order valence-corrected chi connectivity index (χ1v) is 7.02. The Morgan fingerprint density at radius 1 is 1.50 bits per heavy atom. The van der Waals surface area contributed by atoms with Crippen molar-refractivity contribution in [3.8, 4) is 0 Å². The van der Waals surface area contributed by atoms with Crippen LogP contribution in [-0.4, -0.2) is 18.5 Å². The molecule has 1 aromatic carbocycles. The third-order valence-corrected chi connectivity index (χ3v) is 3.71. The van der Waals surface area contributed by atoms with Crippen LogP contribution in [0.25, 0.3) is 10.4 Å². The highest BCUT2D eigenvalue weighted by molar-refractivity contribution is 6.36. The van der Waals surface area contributed by atoms with E-state index >= 15 is 0 Å². The molecule has 0 heterocycles. The minimum absolute atomic E-state index is 0.190. The van der Waals surface area contributed by atoms with Crippen molar-refractivity contribution >= 4 is 29.1 Å². The summed E-state index contributed by atoms with van der Waals surface area (Å²) < 4.78 is 0. The summed E-state index contributed by atoms with van der Waals surface area (Å²) >= 11 is 11.8. The predicted molar refractivity (Wildman–Crippen MR) is 81.2 cm³/mol. The molecule has 108 valence electrons. The number of hydrogen-bond acceptors (Lipinski definition) is 2. The number of nitrogens with one attached hydrogen (secondary N) is 1. The van der Waals surface area contributed by atoms with Gasteiger partial charge in [0.1, 0.15) is 0 Å². The van der Waals surface area contributed by atoms with Gasteiger partial charge in [0.15, 0.2) is 0 Å². The van der Waals surface area contributed by atoms with Crippen LogP contribution in [-0.2, 0) is 0 Å². The van der Waals surface area contributed by atoms with Crippen molar-refractivity contribution in [2.24, 2.45) is 11.0 Å². The molecule has 1 N–H and O–H groups in total. The van der Waals surface area contributed by atoms with Crippen molar-refractivity contribution in [3.05, 3.63) is 44.3 Å².